The van der Waals surface area contributed by atoms with Gasteiger partial charge in [-0.05, 0) is 0 Å². The quantitative estimate of drug-likeness (QED) is 0.849. The molecule has 0 amide bonds. The third-order valence-corrected chi connectivity index (χ3v) is 2.79. The Balaban J connectivity index is 2.76. The molecule has 1 aromatic carbocycles. The largest absolute Gasteiger partial charge is 0.309 e. The molecule has 1 N–H and O–H groups in total. The monoisotopic (exact) mass is 253 g/mol. The number of aromatic amines is 1. The van der Waals surface area contributed by atoms with Gasteiger partial charge in [0.05, 0.1) is 5.69 Å². The van der Waals surface area contributed by atoms with E-state index in [-0.39, 0.29) is 16.5 Å². The molecule has 0 aliphatic carbocycles. The van der Waals surface area contributed by atoms with E-state index in [1.165, 1.54) is 0 Å². The van der Waals surface area contributed by atoms with Gasteiger partial charge in [-0.2, -0.15) is 5.26 Å². The molecule has 0 unspecified atom stereocenters. The van der Waals surface area contributed by atoms with Crippen LogP contribution in [-0.4, -0.2) is 9.97 Å². The van der Waals surface area contributed by atoms with Gasteiger partial charge in [-0.3, -0.25) is 4.79 Å². The maximum atomic E-state index is 12.0. The summed E-state index contributed by atoms with van der Waals surface area (Å²) >= 11 is 0. The van der Waals surface area contributed by atoms with Crippen LogP contribution < -0.4 is 5.56 Å². The highest BCUT2D eigenvalue weighted by atomic mass is 16.1. The van der Waals surface area contributed by atoms with Crippen molar-refractivity contribution >= 4 is 0 Å². The molecule has 0 radical (unpaired) electrons. The Bertz CT molecular complexity index is 688. The maximum Gasteiger partial charge on any atom is 0.269 e. The van der Waals surface area contributed by atoms with Crippen molar-refractivity contribution in [3.05, 3.63) is 52.1 Å². The summed E-state index contributed by atoms with van der Waals surface area (Å²) in [5.74, 6) is 0.579. The van der Waals surface area contributed by atoms with Gasteiger partial charge in [0.25, 0.3) is 5.56 Å². The molecule has 1 aromatic heterocycles. The molecule has 0 fully saturated rings. The second-order valence-corrected chi connectivity index (χ2v) is 5.37. The minimum atomic E-state index is -0.388. The number of hydrogen-bond acceptors (Lipinski definition) is 3. The van der Waals surface area contributed by atoms with Crippen molar-refractivity contribution in [1.29, 1.82) is 5.26 Å². The standard InChI is InChI=1S/C15H15N3O/c1-15(2,3)14-17-12(10-7-5-4-6-8-10)11(9-16)13(19)18-14/h4-8H,1-3H3,(H,17,18,19). The summed E-state index contributed by atoms with van der Waals surface area (Å²) in [5.41, 5.74) is 0.601. The first kappa shape index (κ1) is 13.0. The molecule has 0 atom stereocenters. The maximum absolute atomic E-state index is 12.0. The summed E-state index contributed by atoms with van der Waals surface area (Å²) in [6, 6.07) is 11.2. The summed E-state index contributed by atoms with van der Waals surface area (Å²) in [4.78, 5) is 19.1. The topological polar surface area (TPSA) is 69.5 Å². The summed E-state index contributed by atoms with van der Waals surface area (Å²) in [5, 5.41) is 9.14. The average molecular weight is 253 g/mol. The fourth-order valence-corrected chi connectivity index (χ4v) is 1.74. The van der Waals surface area contributed by atoms with Crippen LogP contribution in [0.1, 0.15) is 32.2 Å². The number of H-pyrrole nitrogens is 1. The van der Waals surface area contributed by atoms with E-state index in [9.17, 15) is 4.79 Å². The van der Waals surface area contributed by atoms with Gasteiger partial charge in [0, 0.05) is 11.0 Å². The molecular weight excluding hydrogens is 238 g/mol. The lowest BCUT2D eigenvalue weighted by molar-refractivity contribution is 0.543. The van der Waals surface area contributed by atoms with E-state index in [2.05, 4.69) is 9.97 Å². The molecule has 19 heavy (non-hydrogen) atoms. The Morgan fingerprint density at radius 1 is 1.21 bits per heavy atom. The van der Waals surface area contributed by atoms with Gasteiger partial charge < -0.3 is 4.98 Å². The minimum absolute atomic E-state index is 0.0548. The zero-order valence-corrected chi connectivity index (χ0v) is 11.2. The van der Waals surface area contributed by atoms with E-state index < -0.39 is 0 Å². The molecule has 0 bridgehead atoms. The third-order valence-electron chi connectivity index (χ3n) is 2.79. The minimum Gasteiger partial charge on any atom is -0.309 e. The van der Waals surface area contributed by atoms with Crippen molar-refractivity contribution in [3.8, 4) is 17.3 Å². The number of aromatic nitrogens is 2. The van der Waals surface area contributed by atoms with Gasteiger partial charge in [-0.1, -0.05) is 51.1 Å². The molecule has 4 heteroatoms. The van der Waals surface area contributed by atoms with Gasteiger partial charge in [-0.25, -0.2) is 4.98 Å². The van der Waals surface area contributed by atoms with Crippen LogP contribution in [0.4, 0.5) is 0 Å². The van der Waals surface area contributed by atoms with Crippen LogP contribution in [-0.2, 0) is 5.41 Å². The van der Waals surface area contributed by atoms with E-state index >= 15 is 0 Å². The van der Waals surface area contributed by atoms with Gasteiger partial charge >= 0.3 is 0 Å². The third kappa shape index (κ3) is 2.55. The first-order valence-corrected chi connectivity index (χ1v) is 6.04. The first-order chi connectivity index (χ1) is 8.93. The lowest BCUT2D eigenvalue weighted by Gasteiger charge is -2.18. The average Bonchev–Trinajstić information content (AvgIpc) is 2.37. The highest BCUT2D eigenvalue weighted by Crippen LogP contribution is 2.23. The van der Waals surface area contributed by atoms with Crippen molar-refractivity contribution in [3.63, 3.8) is 0 Å². The van der Waals surface area contributed by atoms with Crippen LogP contribution in [0, 0.1) is 11.3 Å². The molecule has 1 heterocycles. The molecule has 96 valence electrons. The Labute approximate surface area is 111 Å². The number of nitrogens with one attached hydrogen (secondary N) is 1. The second-order valence-electron chi connectivity index (χ2n) is 5.37. The van der Waals surface area contributed by atoms with Crippen LogP contribution in [0.2, 0.25) is 0 Å². The Morgan fingerprint density at radius 3 is 2.37 bits per heavy atom. The van der Waals surface area contributed by atoms with Gasteiger partial charge in [0.2, 0.25) is 0 Å². The van der Waals surface area contributed by atoms with Crippen LogP contribution in [0.15, 0.2) is 35.1 Å². The predicted octanol–water partition coefficient (Wildman–Crippen LogP) is 2.61. The molecule has 2 aromatic rings. The van der Waals surface area contributed by atoms with Crippen molar-refractivity contribution in [1.82, 2.24) is 9.97 Å². The summed E-state index contributed by atoms with van der Waals surface area (Å²) in [6.45, 7) is 5.89. The fraction of sp³-hybridized carbons (Fsp3) is 0.267. The van der Waals surface area contributed by atoms with Gasteiger partial charge in [-0.15, -0.1) is 0 Å². The van der Waals surface area contributed by atoms with E-state index in [1.807, 2.05) is 57.2 Å². The highest BCUT2D eigenvalue weighted by Gasteiger charge is 2.21. The van der Waals surface area contributed by atoms with Gasteiger partial charge in [0.1, 0.15) is 17.5 Å². The molecule has 0 saturated carbocycles. The summed E-state index contributed by atoms with van der Waals surface area (Å²) in [7, 11) is 0. The fourth-order valence-electron chi connectivity index (χ4n) is 1.74. The van der Waals surface area contributed by atoms with Crippen LogP contribution in [0.3, 0.4) is 0 Å². The SMILES string of the molecule is CC(C)(C)c1nc(-c2ccccc2)c(C#N)c(=O)[nH]1. The molecular formula is C15H15N3O. The number of nitriles is 1. The Hall–Kier alpha value is -2.41. The summed E-state index contributed by atoms with van der Waals surface area (Å²) < 4.78 is 0. The van der Waals surface area contributed by atoms with Crippen molar-refractivity contribution in [2.75, 3.05) is 0 Å². The molecule has 0 spiro atoms. The molecule has 2 rings (SSSR count). The van der Waals surface area contributed by atoms with E-state index in [0.717, 1.165) is 5.56 Å². The zero-order chi connectivity index (χ0) is 14.0. The molecule has 0 saturated heterocycles. The number of hydrogen-bond donors (Lipinski definition) is 1. The smallest absolute Gasteiger partial charge is 0.269 e. The number of benzene rings is 1. The molecule has 4 nitrogen and oxygen atoms in total. The highest BCUT2D eigenvalue weighted by molar-refractivity contribution is 5.65. The van der Waals surface area contributed by atoms with Crippen LogP contribution >= 0.6 is 0 Å². The van der Waals surface area contributed by atoms with Crippen LogP contribution in [0.25, 0.3) is 11.3 Å². The Morgan fingerprint density at radius 2 is 1.84 bits per heavy atom. The van der Waals surface area contributed by atoms with Crippen molar-refractivity contribution in [2.45, 2.75) is 26.2 Å². The van der Waals surface area contributed by atoms with Gasteiger partial charge in [0.15, 0.2) is 0 Å². The molecule has 0 aliphatic heterocycles. The normalized spacial score (nSPS) is 11.1. The van der Waals surface area contributed by atoms with Crippen LogP contribution in [0.5, 0.6) is 0 Å². The predicted molar refractivity (Wildman–Crippen MR) is 73.7 cm³/mol. The molecule has 0 aliphatic rings. The number of rotatable bonds is 1. The second kappa shape index (κ2) is 4.69. The zero-order valence-electron chi connectivity index (χ0n) is 11.2. The summed E-state index contributed by atoms with van der Waals surface area (Å²) in [6.07, 6.45) is 0. The van der Waals surface area contributed by atoms with E-state index in [4.69, 9.17) is 5.26 Å². The number of nitrogens with zero attached hydrogens (tertiary/aromatic N) is 2. The first-order valence-electron chi connectivity index (χ1n) is 6.04. The Kier molecular flexibility index (Phi) is 3.22. The van der Waals surface area contributed by atoms with Crippen molar-refractivity contribution in [2.24, 2.45) is 0 Å². The lowest BCUT2D eigenvalue weighted by Crippen LogP contribution is -2.24. The van der Waals surface area contributed by atoms with E-state index in [0.29, 0.717) is 11.5 Å². The van der Waals surface area contributed by atoms with E-state index in [1.54, 1.807) is 0 Å². The van der Waals surface area contributed by atoms with Crippen molar-refractivity contribution < 1.29 is 0 Å². The lowest BCUT2D eigenvalue weighted by atomic mass is 9.95.